The van der Waals surface area contributed by atoms with E-state index in [-0.39, 0.29) is 5.41 Å². The molecule has 0 saturated heterocycles. The van der Waals surface area contributed by atoms with E-state index in [0.717, 1.165) is 24.5 Å². The molecule has 0 spiro atoms. The summed E-state index contributed by atoms with van der Waals surface area (Å²) in [7, 11) is 1.93. The third kappa shape index (κ3) is 4.63. The van der Waals surface area contributed by atoms with Crippen molar-refractivity contribution in [3.05, 3.63) is 59.2 Å². The summed E-state index contributed by atoms with van der Waals surface area (Å²) < 4.78 is 0. The number of hydrogen-bond acceptors (Lipinski definition) is 3. The molecule has 3 heteroatoms. The van der Waals surface area contributed by atoms with Gasteiger partial charge < -0.3 is 5.32 Å². The molecule has 2 rings (SSSR count). The highest BCUT2D eigenvalue weighted by Gasteiger charge is 2.26. The minimum Gasteiger partial charge on any atom is -0.320 e. The molecule has 2 aromatic rings. The minimum atomic E-state index is -0.154. The summed E-state index contributed by atoms with van der Waals surface area (Å²) in [5.74, 6) is 0.899. The number of rotatable bonds is 4. The van der Waals surface area contributed by atoms with Crippen LogP contribution < -0.4 is 5.32 Å². The van der Waals surface area contributed by atoms with Crippen molar-refractivity contribution in [2.45, 2.75) is 46.5 Å². The van der Waals surface area contributed by atoms with Crippen molar-refractivity contribution in [3.8, 4) is 0 Å². The number of aromatic nitrogens is 2. The first-order valence-corrected chi connectivity index (χ1v) is 8.00. The zero-order chi connectivity index (χ0) is 16.6. The average molecular weight is 299 g/mol. The highest BCUT2D eigenvalue weighted by molar-refractivity contribution is 5.31. The molecule has 0 saturated carbocycles. The molecule has 1 aromatic heterocycles. The number of hydrogen-bond donors (Lipinski definition) is 1. The molecular formula is C19H29N3. The summed E-state index contributed by atoms with van der Waals surface area (Å²) in [5.41, 5.74) is 3.41. The van der Waals surface area contributed by atoms with Crippen LogP contribution in [0.4, 0.5) is 0 Å². The molecule has 3 nitrogen and oxygen atoms in total. The Balaban J connectivity index is 0.000000541. The Morgan fingerprint density at radius 3 is 2.18 bits per heavy atom. The molecule has 0 bridgehead atoms. The van der Waals surface area contributed by atoms with E-state index in [2.05, 4.69) is 69.2 Å². The quantitative estimate of drug-likeness (QED) is 0.930. The van der Waals surface area contributed by atoms with E-state index in [1.807, 2.05) is 19.3 Å². The molecule has 0 atom stereocenters. The van der Waals surface area contributed by atoms with Gasteiger partial charge in [-0.15, -0.1) is 0 Å². The molecule has 0 aliphatic carbocycles. The van der Waals surface area contributed by atoms with Crippen LogP contribution >= 0.6 is 0 Å². The number of nitrogens with zero attached hydrogens (tertiary/aromatic N) is 2. The monoisotopic (exact) mass is 299 g/mol. The lowest BCUT2D eigenvalue weighted by Gasteiger charge is -2.24. The number of aryl methyl sites for hydroxylation is 2. The number of nitrogens with one attached hydrogen (secondary N) is 1. The van der Waals surface area contributed by atoms with Gasteiger partial charge in [-0.3, -0.25) is 0 Å². The summed E-state index contributed by atoms with van der Waals surface area (Å²) in [6.07, 6.45) is 2.89. The lowest BCUT2D eigenvalue weighted by molar-refractivity contribution is 0.584. The molecule has 22 heavy (non-hydrogen) atoms. The first-order valence-electron chi connectivity index (χ1n) is 8.00. The van der Waals surface area contributed by atoms with Gasteiger partial charge >= 0.3 is 0 Å². The van der Waals surface area contributed by atoms with Gasteiger partial charge in [0, 0.05) is 17.3 Å². The van der Waals surface area contributed by atoms with Crippen LogP contribution in [0.3, 0.4) is 0 Å². The largest absolute Gasteiger partial charge is 0.320 e. The predicted octanol–water partition coefficient (Wildman–Crippen LogP) is 3.90. The van der Waals surface area contributed by atoms with Crippen LogP contribution in [0.15, 0.2) is 36.5 Å². The third-order valence-electron chi connectivity index (χ3n) is 3.82. The van der Waals surface area contributed by atoms with Gasteiger partial charge in [-0.05, 0) is 51.9 Å². The van der Waals surface area contributed by atoms with Gasteiger partial charge in [0.2, 0.25) is 0 Å². The van der Waals surface area contributed by atoms with Crippen molar-refractivity contribution in [1.29, 1.82) is 0 Å². The fourth-order valence-electron chi connectivity index (χ4n) is 2.12. The maximum Gasteiger partial charge on any atom is 0.138 e. The highest BCUT2D eigenvalue weighted by atomic mass is 14.9. The average Bonchev–Trinajstić information content (AvgIpc) is 2.56. The van der Waals surface area contributed by atoms with E-state index in [1.54, 1.807) is 0 Å². The molecule has 0 radical (unpaired) electrons. The molecule has 120 valence electrons. The predicted molar refractivity (Wildman–Crippen MR) is 94.3 cm³/mol. The van der Waals surface area contributed by atoms with Gasteiger partial charge in [0.1, 0.15) is 5.82 Å². The second-order valence-corrected chi connectivity index (χ2v) is 5.88. The lowest BCUT2D eigenvalue weighted by Crippen LogP contribution is -2.23. The van der Waals surface area contributed by atoms with Crippen molar-refractivity contribution >= 4 is 0 Å². The van der Waals surface area contributed by atoms with Gasteiger partial charge in [-0.25, -0.2) is 9.97 Å². The molecule has 1 aromatic carbocycles. The van der Waals surface area contributed by atoms with Gasteiger partial charge in [-0.2, -0.15) is 0 Å². The lowest BCUT2D eigenvalue weighted by atomic mass is 9.83. The SMILES string of the molecule is CCNC.CCc1nc(C(C)(C)c2ccccc2)ncc1C. The summed E-state index contributed by atoms with van der Waals surface area (Å²) in [4.78, 5) is 9.25. The standard InChI is InChI=1S/C16H20N2.C3H9N/c1-5-14-12(2)11-17-15(18-14)16(3,4)13-9-7-6-8-10-13;1-3-4-2/h6-11H,5H2,1-4H3;4H,3H2,1-2H3. The van der Waals surface area contributed by atoms with Crippen LogP contribution in [-0.2, 0) is 11.8 Å². The zero-order valence-corrected chi connectivity index (χ0v) is 14.8. The Morgan fingerprint density at radius 1 is 1.09 bits per heavy atom. The summed E-state index contributed by atoms with van der Waals surface area (Å²) in [6, 6.07) is 10.4. The van der Waals surface area contributed by atoms with Crippen LogP contribution in [0.5, 0.6) is 0 Å². The molecule has 0 aliphatic heterocycles. The second kappa shape index (κ2) is 8.64. The summed E-state index contributed by atoms with van der Waals surface area (Å²) >= 11 is 0. The highest BCUT2D eigenvalue weighted by Crippen LogP contribution is 2.28. The zero-order valence-electron chi connectivity index (χ0n) is 14.8. The van der Waals surface area contributed by atoms with Gasteiger partial charge in [0.25, 0.3) is 0 Å². The Hall–Kier alpha value is -1.74. The maximum atomic E-state index is 4.73. The van der Waals surface area contributed by atoms with Crippen molar-refractivity contribution in [2.24, 2.45) is 0 Å². The molecule has 0 unspecified atom stereocenters. The van der Waals surface area contributed by atoms with E-state index in [9.17, 15) is 0 Å². The van der Waals surface area contributed by atoms with E-state index >= 15 is 0 Å². The fraction of sp³-hybridized carbons (Fsp3) is 0.474. The van der Waals surface area contributed by atoms with E-state index < -0.39 is 0 Å². The molecule has 0 fully saturated rings. The van der Waals surface area contributed by atoms with Gasteiger partial charge in [-0.1, -0.05) is 44.2 Å². The fourth-order valence-corrected chi connectivity index (χ4v) is 2.12. The third-order valence-corrected chi connectivity index (χ3v) is 3.82. The first-order chi connectivity index (χ1) is 10.5. The maximum absolute atomic E-state index is 4.73. The van der Waals surface area contributed by atoms with Crippen molar-refractivity contribution < 1.29 is 0 Å². The first kappa shape index (κ1) is 18.3. The summed E-state index contributed by atoms with van der Waals surface area (Å²) in [6.45, 7) is 11.7. The van der Waals surface area contributed by atoms with Crippen molar-refractivity contribution in [3.63, 3.8) is 0 Å². The van der Waals surface area contributed by atoms with Crippen LogP contribution in [0, 0.1) is 6.92 Å². The Kier molecular flexibility index (Phi) is 7.19. The van der Waals surface area contributed by atoms with E-state index in [0.29, 0.717) is 0 Å². The summed E-state index contributed by atoms with van der Waals surface area (Å²) in [5, 5.41) is 2.93. The van der Waals surface area contributed by atoms with Crippen LogP contribution in [0.25, 0.3) is 0 Å². The minimum absolute atomic E-state index is 0.154. The van der Waals surface area contributed by atoms with Crippen molar-refractivity contribution in [2.75, 3.05) is 13.6 Å². The van der Waals surface area contributed by atoms with E-state index in [4.69, 9.17) is 4.98 Å². The van der Waals surface area contributed by atoms with E-state index in [1.165, 1.54) is 11.1 Å². The molecular weight excluding hydrogens is 270 g/mol. The Bertz CT molecular complexity index is 560. The molecule has 0 amide bonds. The van der Waals surface area contributed by atoms with Crippen LogP contribution in [0.2, 0.25) is 0 Å². The Labute approximate surface area is 135 Å². The Morgan fingerprint density at radius 2 is 1.68 bits per heavy atom. The van der Waals surface area contributed by atoms with Crippen molar-refractivity contribution in [1.82, 2.24) is 15.3 Å². The van der Waals surface area contributed by atoms with Gasteiger partial charge in [0.05, 0.1) is 0 Å². The van der Waals surface area contributed by atoms with Crippen LogP contribution in [0.1, 0.15) is 50.3 Å². The van der Waals surface area contributed by atoms with Crippen LogP contribution in [-0.4, -0.2) is 23.6 Å². The molecule has 0 aliphatic rings. The molecule has 1 N–H and O–H groups in total. The normalized spacial score (nSPS) is 10.8. The second-order valence-electron chi connectivity index (χ2n) is 5.88. The smallest absolute Gasteiger partial charge is 0.138 e. The molecule has 1 heterocycles. The van der Waals surface area contributed by atoms with Gasteiger partial charge in [0.15, 0.2) is 0 Å². The number of benzene rings is 1. The topological polar surface area (TPSA) is 37.8 Å².